The number of anilines is 2. The molecule has 7 nitrogen and oxygen atoms in total. The van der Waals surface area contributed by atoms with Gasteiger partial charge >= 0.3 is 0 Å². The van der Waals surface area contributed by atoms with Crippen molar-refractivity contribution in [1.82, 2.24) is 14.8 Å². The number of carbonyl (C=O) groups excluding carboxylic acids is 1. The third-order valence-corrected chi connectivity index (χ3v) is 7.16. The molecule has 2 heterocycles. The number of rotatable bonds is 8. The minimum absolute atomic E-state index is 0.0915. The number of thioether (sulfide) groups is 1. The Balaban J connectivity index is 1.34. The lowest BCUT2D eigenvalue weighted by atomic mass is 10.1. The summed E-state index contributed by atoms with van der Waals surface area (Å²) in [4.78, 5) is 15.2. The Bertz CT molecular complexity index is 1330. The number of aryl methyl sites for hydroxylation is 1. The number of hydrogen-bond acceptors (Lipinski definition) is 6. The fourth-order valence-corrected chi connectivity index (χ4v) is 5.10. The Labute approximate surface area is 215 Å². The van der Waals surface area contributed by atoms with E-state index in [1.807, 2.05) is 65.2 Å². The van der Waals surface area contributed by atoms with Crippen molar-refractivity contribution in [3.63, 3.8) is 0 Å². The monoisotopic (exact) mass is 499 g/mol. The highest BCUT2D eigenvalue weighted by molar-refractivity contribution is 7.99. The molecule has 1 aliphatic heterocycles. The van der Waals surface area contributed by atoms with E-state index in [0.29, 0.717) is 16.7 Å². The van der Waals surface area contributed by atoms with E-state index in [0.717, 1.165) is 35.6 Å². The number of hydrogen-bond donors (Lipinski definition) is 1. The van der Waals surface area contributed by atoms with Crippen LogP contribution >= 0.6 is 11.8 Å². The number of methoxy groups -OCH3 is 1. The molecule has 1 aromatic heterocycles. The summed E-state index contributed by atoms with van der Waals surface area (Å²) >= 11 is 1.35. The van der Waals surface area contributed by atoms with E-state index in [1.165, 1.54) is 30.3 Å². The molecule has 0 aliphatic carbocycles. The van der Waals surface area contributed by atoms with E-state index in [-0.39, 0.29) is 11.7 Å². The third-order valence-electron chi connectivity index (χ3n) is 6.23. The van der Waals surface area contributed by atoms with Crippen LogP contribution in [0.1, 0.15) is 18.4 Å². The van der Waals surface area contributed by atoms with Gasteiger partial charge in [-0.25, -0.2) is 0 Å². The van der Waals surface area contributed by atoms with Crippen LogP contribution in [0.25, 0.3) is 17.1 Å². The normalized spacial score (nSPS) is 13.1. The van der Waals surface area contributed by atoms with Gasteiger partial charge in [0.15, 0.2) is 11.0 Å². The predicted octanol–water partition coefficient (Wildman–Crippen LogP) is 5.58. The Kier molecular flexibility index (Phi) is 7.23. The summed E-state index contributed by atoms with van der Waals surface area (Å²) in [5.74, 6) is 1.50. The van der Waals surface area contributed by atoms with Crippen LogP contribution in [0.3, 0.4) is 0 Å². The first kappa shape index (κ1) is 23.9. The van der Waals surface area contributed by atoms with Crippen molar-refractivity contribution >= 4 is 29.0 Å². The van der Waals surface area contributed by atoms with Crippen molar-refractivity contribution in [2.24, 2.45) is 0 Å². The van der Waals surface area contributed by atoms with E-state index in [2.05, 4.69) is 39.5 Å². The molecule has 8 heteroatoms. The number of ether oxygens (including phenoxy) is 1. The SMILES string of the molecule is COc1ccccc1-c1nnc(SCC(=O)Nc2ccc(N3CCCC3)cc2)n1-c1ccc(C)cc1. The van der Waals surface area contributed by atoms with E-state index < -0.39 is 0 Å². The van der Waals surface area contributed by atoms with Gasteiger partial charge in [0.25, 0.3) is 0 Å². The molecule has 0 atom stereocenters. The van der Waals surface area contributed by atoms with Gasteiger partial charge in [0.2, 0.25) is 5.91 Å². The zero-order chi connectivity index (χ0) is 24.9. The predicted molar refractivity (Wildman–Crippen MR) is 145 cm³/mol. The van der Waals surface area contributed by atoms with Crippen LogP contribution in [0.15, 0.2) is 78.0 Å². The molecule has 0 saturated carbocycles. The van der Waals surface area contributed by atoms with Gasteiger partial charge in [-0.3, -0.25) is 9.36 Å². The first-order chi connectivity index (χ1) is 17.6. The number of aromatic nitrogens is 3. The van der Waals surface area contributed by atoms with Crippen LogP contribution in [-0.2, 0) is 4.79 Å². The zero-order valence-corrected chi connectivity index (χ0v) is 21.3. The topological polar surface area (TPSA) is 72.3 Å². The van der Waals surface area contributed by atoms with Gasteiger partial charge in [0, 0.05) is 30.2 Å². The molecule has 0 bridgehead atoms. The summed E-state index contributed by atoms with van der Waals surface area (Å²) in [5.41, 5.74) is 4.91. The second kappa shape index (κ2) is 10.9. The number of nitrogens with one attached hydrogen (secondary N) is 1. The molecular formula is C28H29N5O2S. The van der Waals surface area contributed by atoms with Crippen LogP contribution in [0, 0.1) is 6.92 Å². The van der Waals surface area contributed by atoms with E-state index >= 15 is 0 Å². The van der Waals surface area contributed by atoms with Gasteiger partial charge in [0.05, 0.1) is 18.4 Å². The molecular weight excluding hydrogens is 470 g/mol. The van der Waals surface area contributed by atoms with Gasteiger partial charge in [0.1, 0.15) is 5.75 Å². The van der Waals surface area contributed by atoms with Crippen LogP contribution in [0.4, 0.5) is 11.4 Å². The Hall–Kier alpha value is -3.78. The lowest BCUT2D eigenvalue weighted by molar-refractivity contribution is -0.113. The van der Waals surface area contributed by atoms with Crippen LogP contribution < -0.4 is 15.0 Å². The molecule has 4 aromatic rings. The Morgan fingerprint density at radius 3 is 2.36 bits per heavy atom. The molecule has 0 unspecified atom stereocenters. The van der Waals surface area contributed by atoms with Crippen molar-refractivity contribution in [3.05, 3.63) is 78.4 Å². The van der Waals surface area contributed by atoms with Crippen molar-refractivity contribution in [2.75, 3.05) is 36.2 Å². The van der Waals surface area contributed by atoms with Gasteiger partial charge in [-0.1, -0.05) is 41.6 Å². The summed E-state index contributed by atoms with van der Waals surface area (Å²) < 4.78 is 7.54. The van der Waals surface area contributed by atoms with Crippen molar-refractivity contribution in [1.29, 1.82) is 0 Å². The van der Waals surface area contributed by atoms with E-state index in [4.69, 9.17) is 4.74 Å². The standard InChI is InChI=1S/C28H29N5O2S/c1-20-9-13-23(14-10-20)33-27(24-7-3-4-8-25(24)35-2)30-31-28(33)36-19-26(34)29-21-11-15-22(16-12-21)32-17-5-6-18-32/h3-4,7-16H,5-6,17-19H2,1-2H3,(H,29,34). The highest BCUT2D eigenvalue weighted by Crippen LogP contribution is 2.33. The molecule has 1 N–H and O–H groups in total. The average Bonchev–Trinajstić information content (AvgIpc) is 3.59. The number of nitrogens with zero attached hydrogens (tertiary/aromatic N) is 4. The summed E-state index contributed by atoms with van der Waals surface area (Å²) in [5, 5.41) is 12.6. The van der Waals surface area contributed by atoms with Crippen molar-refractivity contribution in [2.45, 2.75) is 24.9 Å². The number of amides is 1. The maximum Gasteiger partial charge on any atom is 0.234 e. The van der Waals surface area contributed by atoms with Gasteiger partial charge < -0.3 is 15.0 Å². The van der Waals surface area contributed by atoms with Crippen molar-refractivity contribution < 1.29 is 9.53 Å². The molecule has 1 fully saturated rings. The van der Waals surface area contributed by atoms with Gasteiger partial charge in [-0.2, -0.15) is 0 Å². The molecule has 0 spiro atoms. The molecule has 184 valence electrons. The Morgan fingerprint density at radius 2 is 1.64 bits per heavy atom. The largest absolute Gasteiger partial charge is 0.496 e. The molecule has 1 aliphatic rings. The van der Waals surface area contributed by atoms with Gasteiger partial charge in [-0.15, -0.1) is 10.2 Å². The number of carbonyl (C=O) groups is 1. The van der Waals surface area contributed by atoms with Gasteiger partial charge in [-0.05, 0) is 68.3 Å². The lowest BCUT2D eigenvalue weighted by Gasteiger charge is -2.17. The highest BCUT2D eigenvalue weighted by atomic mass is 32.2. The second-order valence-electron chi connectivity index (χ2n) is 8.76. The first-order valence-electron chi connectivity index (χ1n) is 12.1. The number of para-hydroxylation sites is 1. The second-order valence-corrected chi connectivity index (χ2v) is 9.70. The fraction of sp³-hybridized carbons (Fsp3) is 0.250. The Morgan fingerprint density at radius 1 is 0.944 bits per heavy atom. The number of benzene rings is 3. The molecule has 1 amide bonds. The fourth-order valence-electron chi connectivity index (χ4n) is 4.35. The summed E-state index contributed by atoms with van der Waals surface area (Å²) in [6.07, 6.45) is 2.48. The summed E-state index contributed by atoms with van der Waals surface area (Å²) in [7, 11) is 1.64. The zero-order valence-electron chi connectivity index (χ0n) is 20.5. The summed E-state index contributed by atoms with van der Waals surface area (Å²) in [6, 6.07) is 24.0. The molecule has 1 saturated heterocycles. The van der Waals surface area contributed by atoms with Crippen LogP contribution in [-0.4, -0.2) is 46.6 Å². The quantitative estimate of drug-likeness (QED) is 0.319. The average molecular weight is 500 g/mol. The molecule has 5 rings (SSSR count). The molecule has 3 aromatic carbocycles. The minimum Gasteiger partial charge on any atom is -0.496 e. The first-order valence-corrected chi connectivity index (χ1v) is 13.0. The maximum absolute atomic E-state index is 12.8. The van der Waals surface area contributed by atoms with E-state index in [9.17, 15) is 4.79 Å². The third kappa shape index (κ3) is 5.23. The van der Waals surface area contributed by atoms with E-state index in [1.54, 1.807) is 7.11 Å². The molecule has 36 heavy (non-hydrogen) atoms. The minimum atomic E-state index is -0.0915. The smallest absolute Gasteiger partial charge is 0.234 e. The highest BCUT2D eigenvalue weighted by Gasteiger charge is 2.20. The lowest BCUT2D eigenvalue weighted by Crippen LogP contribution is -2.18. The van der Waals surface area contributed by atoms with Crippen LogP contribution in [0.2, 0.25) is 0 Å². The van der Waals surface area contributed by atoms with Crippen molar-refractivity contribution in [3.8, 4) is 22.8 Å². The summed E-state index contributed by atoms with van der Waals surface area (Å²) in [6.45, 7) is 4.25. The maximum atomic E-state index is 12.8. The molecule has 0 radical (unpaired) electrons. The van der Waals surface area contributed by atoms with Crippen LogP contribution in [0.5, 0.6) is 5.75 Å².